The first-order valence-electron chi connectivity index (χ1n) is 10.1. The summed E-state index contributed by atoms with van der Waals surface area (Å²) >= 11 is 0. The Bertz CT molecular complexity index is 494. The van der Waals surface area contributed by atoms with E-state index in [0.717, 1.165) is 44.9 Å². The summed E-state index contributed by atoms with van der Waals surface area (Å²) in [6.07, 6.45) is 15.7. The van der Waals surface area contributed by atoms with E-state index in [-0.39, 0.29) is 24.2 Å². The highest BCUT2D eigenvalue weighted by Crippen LogP contribution is 2.33. The molecule has 1 rings (SSSR count). The Morgan fingerprint density at radius 1 is 1.23 bits per heavy atom. The summed E-state index contributed by atoms with van der Waals surface area (Å²) in [6, 6.07) is 0. The molecule has 0 amide bonds. The lowest BCUT2D eigenvalue weighted by Gasteiger charge is -2.24. The molecule has 0 aliphatic heterocycles. The van der Waals surface area contributed by atoms with Crippen LogP contribution in [0.3, 0.4) is 0 Å². The van der Waals surface area contributed by atoms with Crippen molar-refractivity contribution >= 4 is 11.6 Å². The maximum atomic E-state index is 12.2. The van der Waals surface area contributed by atoms with Crippen molar-refractivity contribution in [2.24, 2.45) is 11.8 Å². The van der Waals surface area contributed by atoms with E-state index < -0.39 is 5.60 Å². The van der Waals surface area contributed by atoms with E-state index in [4.69, 9.17) is 5.11 Å². The Morgan fingerprint density at radius 2 is 2.00 bits per heavy atom. The molecule has 0 heterocycles. The molecule has 1 saturated carbocycles. The number of ketones is 2. The fraction of sp³-hybridized carbons (Fsp3) is 0.727. The summed E-state index contributed by atoms with van der Waals surface area (Å²) in [5.41, 5.74) is -1.27. The predicted molar refractivity (Wildman–Crippen MR) is 105 cm³/mol. The second-order valence-corrected chi connectivity index (χ2v) is 7.53. The molecule has 2 N–H and O–H groups in total. The zero-order chi connectivity index (χ0) is 19.4. The Hall–Kier alpha value is -1.26. The molecule has 0 aromatic heterocycles. The van der Waals surface area contributed by atoms with E-state index in [1.165, 1.54) is 6.92 Å². The van der Waals surface area contributed by atoms with Gasteiger partial charge < -0.3 is 10.2 Å². The van der Waals surface area contributed by atoms with Crippen molar-refractivity contribution in [3.8, 4) is 0 Å². The Morgan fingerprint density at radius 3 is 2.65 bits per heavy atom. The van der Waals surface area contributed by atoms with E-state index in [1.54, 1.807) is 0 Å². The summed E-state index contributed by atoms with van der Waals surface area (Å²) in [5.74, 6) is 0.348. The average molecular weight is 365 g/mol. The van der Waals surface area contributed by atoms with Crippen LogP contribution < -0.4 is 0 Å². The number of carbonyl (C=O) groups is 2. The number of carbonyl (C=O) groups excluding carboxylic acids is 2. The van der Waals surface area contributed by atoms with Gasteiger partial charge in [0, 0.05) is 25.4 Å². The van der Waals surface area contributed by atoms with Crippen LogP contribution in [0.25, 0.3) is 0 Å². The molecule has 26 heavy (non-hydrogen) atoms. The zero-order valence-electron chi connectivity index (χ0n) is 16.5. The quantitative estimate of drug-likeness (QED) is 0.380. The van der Waals surface area contributed by atoms with Gasteiger partial charge in [-0.2, -0.15) is 0 Å². The van der Waals surface area contributed by atoms with Crippen molar-refractivity contribution in [2.75, 3.05) is 6.61 Å². The molecular weight excluding hydrogens is 328 g/mol. The molecule has 1 fully saturated rings. The Balaban J connectivity index is 2.56. The summed E-state index contributed by atoms with van der Waals surface area (Å²) in [6.45, 7) is 3.72. The number of hydrogen-bond donors (Lipinski definition) is 2. The van der Waals surface area contributed by atoms with Gasteiger partial charge in [-0.05, 0) is 51.4 Å². The highest BCUT2D eigenvalue weighted by Gasteiger charge is 2.33. The van der Waals surface area contributed by atoms with Gasteiger partial charge in [-0.25, -0.2) is 0 Å². The maximum absolute atomic E-state index is 12.2. The molecule has 0 aromatic carbocycles. The van der Waals surface area contributed by atoms with Gasteiger partial charge in [0.25, 0.3) is 0 Å². The number of Topliss-reactive ketones (excluding diaryl/α,β-unsaturated/α-hetero) is 2. The molecular formula is C22H36O4. The van der Waals surface area contributed by atoms with Crippen molar-refractivity contribution < 1.29 is 19.8 Å². The largest absolute Gasteiger partial charge is 0.396 e. The average Bonchev–Trinajstić information content (AvgIpc) is 2.96. The standard InChI is InChI=1S/C22H36O4/c1-3-4-15-22(26,18(2)24)16-10-11-19-13-14-21(25)20(19)12-8-6-5-7-9-17-23/h6,8,10-11,19-20,23,26H,3-5,7,9,12-17H2,1-2H3/t19-,20+,22?/m0/s1. The minimum Gasteiger partial charge on any atom is -0.396 e. The van der Waals surface area contributed by atoms with Gasteiger partial charge in [0.05, 0.1) is 0 Å². The lowest BCUT2D eigenvalue weighted by Crippen LogP contribution is -2.36. The third kappa shape index (κ3) is 7.55. The van der Waals surface area contributed by atoms with Crippen molar-refractivity contribution in [3.63, 3.8) is 0 Å². The Labute approximate surface area is 158 Å². The Kier molecular flexibility index (Phi) is 10.7. The first-order valence-corrected chi connectivity index (χ1v) is 10.1. The lowest BCUT2D eigenvalue weighted by atomic mass is 9.87. The van der Waals surface area contributed by atoms with Gasteiger partial charge in [0.1, 0.15) is 11.4 Å². The van der Waals surface area contributed by atoms with E-state index in [9.17, 15) is 14.7 Å². The van der Waals surface area contributed by atoms with Crippen LogP contribution >= 0.6 is 0 Å². The molecule has 4 heteroatoms. The SMILES string of the molecule is CCCCC(O)(CC=C[C@H]1CCC(=O)[C@@H]1CC=CCCCCO)C(C)=O. The van der Waals surface area contributed by atoms with Crippen molar-refractivity contribution in [1.29, 1.82) is 0 Å². The molecule has 0 saturated heterocycles. The second-order valence-electron chi connectivity index (χ2n) is 7.53. The van der Waals surface area contributed by atoms with Crippen LogP contribution in [0, 0.1) is 11.8 Å². The molecule has 1 unspecified atom stereocenters. The zero-order valence-corrected chi connectivity index (χ0v) is 16.5. The van der Waals surface area contributed by atoms with E-state index in [0.29, 0.717) is 25.0 Å². The van der Waals surface area contributed by atoms with Crippen molar-refractivity contribution in [1.82, 2.24) is 0 Å². The van der Waals surface area contributed by atoms with Crippen LogP contribution in [0.1, 0.15) is 78.1 Å². The van der Waals surface area contributed by atoms with Crippen LogP contribution in [0.15, 0.2) is 24.3 Å². The third-order valence-electron chi connectivity index (χ3n) is 5.43. The normalized spacial score (nSPS) is 23.2. The maximum Gasteiger partial charge on any atom is 0.161 e. The number of unbranched alkanes of at least 4 members (excludes halogenated alkanes) is 3. The second kappa shape index (κ2) is 12.2. The first-order chi connectivity index (χ1) is 12.4. The van der Waals surface area contributed by atoms with Gasteiger partial charge in [-0.1, -0.05) is 44.1 Å². The number of allylic oxidation sites excluding steroid dienone is 3. The van der Waals surface area contributed by atoms with E-state index in [1.807, 2.05) is 19.1 Å². The minimum atomic E-state index is -1.27. The fourth-order valence-corrected chi connectivity index (χ4v) is 3.53. The number of aliphatic hydroxyl groups is 2. The monoisotopic (exact) mass is 364 g/mol. The number of hydrogen-bond acceptors (Lipinski definition) is 4. The van der Waals surface area contributed by atoms with Crippen molar-refractivity contribution in [3.05, 3.63) is 24.3 Å². The van der Waals surface area contributed by atoms with E-state index >= 15 is 0 Å². The fourth-order valence-electron chi connectivity index (χ4n) is 3.53. The smallest absolute Gasteiger partial charge is 0.161 e. The highest BCUT2D eigenvalue weighted by atomic mass is 16.3. The van der Waals surface area contributed by atoms with Crippen LogP contribution in [0.2, 0.25) is 0 Å². The van der Waals surface area contributed by atoms with Gasteiger partial charge in [-0.3, -0.25) is 9.59 Å². The summed E-state index contributed by atoms with van der Waals surface area (Å²) in [5, 5.41) is 19.3. The summed E-state index contributed by atoms with van der Waals surface area (Å²) < 4.78 is 0. The molecule has 1 aliphatic rings. The van der Waals surface area contributed by atoms with E-state index in [2.05, 4.69) is 12.2 Å². The summed E-state index contributed by atoms with van der Waals surface area (Å²) in [7, 11) is 0. The molecule has 0 aromatic rings. The molecule has 0 bridgehead atoms. The minimum absolute atomic E-state index is 0.0152. The van der Waals surface area contributed by atoms with Crippen LogP contribution in [0.5, 0.6) is 0 Å². The van der Waals surface area contributed by atoms with Gasteiger partial charge >= 0.3 is 0 Å². The molecule has 4 nitrogen and oxygen atoms in total. The molecule has 1 aliphatic carbocycles. The molecule has 148 valence electrons. The molecule has 0 radical (unpaired) electrons. The number of rotatable bonds is 13. The lowest BCUT2D eigenvalue weighted by molar-refractivity contribution is -0.135. The highest BCUT2D eigenvalue weighted by molar-refractivity contribution is 5.85. The molecule has 0 spiro atoms. The first kappa shape index (κ1) is 22.8. The van der Waals surface area contributed by atoms with Gasteiger partial charge in [0.2, 0.25) is 0 Å². The molecule has 3 atom stereocenters. The number of aliphatic hydroxyl groups excluding tert-OH is 1. The van der Waals surface area contributed by atoms with Crippen LogP contribution in [-0.2, 0) is 9.59 Å². The summed E-state index contributed by atoms with van der Waals surface area (Å²) in [4.78, 5) is 24.0. The predicted octanol–water partition coefficient (Wildman–Crippen LogP) is 4.15. The van der Waals surface area contributed by atoms with Gasteiger partial charge in [0.15, 0.2) is 5.78 Å². The third-order valence-corrected chi connectivity index (χ3v) is 5.43. The van der Waals surface area contributed by atoms with Gasteiger partial charge in [-0.15, -0.1) is 0 Å². The van der Waals surface area contributed by atoms with Crippen LogP contribution in [-0.4, -0.2) is 34.0 Å². The van der Waals surface area contributed by atoms with Crippen molar-refractivity contribution in [2.45, 2.75) is 83.7 Å². The topological polar surface area (TPSA) is 74.6 Å². The van der Waals surface area contributed by atoms with Crippen LogP contribution in [0.4, 0.5) is 0 Å².